The molecule has 1 aliphatic heterocycles. The molecule has 3 atom stereocenters. The van der Waals surface area contributed by atoms with Crippen molar-refractivity contribution in [2.24, 2.45) is 5.92 Å². The second-order valence-electron chi connectivity index (χ2n) is 7.61. The van der Waals surface area contributed by atoms with Crippen LogP contribution in [0.25, 0.3) is 11.1 Å². The summed E-state index contributed by atoms with van der Waals surface area (Å²) in [5.74, 6) is 0.714. The van der Waals surface area contributed by atoms with Crippen LogP contribution in [0.3, 0.4) is 0 Å². The normalized spacial score (nSPS) is 26.1. The summed E-state index contributed by atoms with van der Waals surface area (Å²) < 4.78 is 5.68. The van der Waals surface area contributed by atoms with Gasteiger partial charge in [0, 0.05) is 18.6 Å². The van der Waals surface area contributed by atoms with Crippen LogP contribution in [0.4, 0.5) is 0 Å². The third-order valence-electron chi connectivity index (χ3n) is 5.89. The molecule has 2 aliphatic rings. The van der Waals surface area contributed by atoms with E-state index in [0.717, 1.165) is 32.7 Å². The standard InChI is InChI=1S/C23H30N2O/c1-2-7-19(8-3-1)20-9-4-6-18(16-20)12-13-24-22-11-5-10-21(22)23-17-26-15-14-25-23/h1-4,6-9,16,21-25H,5,10-15,17H2. The lowest BCUT2D eigenvalue weighted by molar-refractivity contribution is 0.0526. The first kappa shape index (κ1) is 17.7. The van der Waals surface area contributed by atoms with Crippen LogP contribution in [0.1, 0.15) is 24.8 Å². The quantitative estimate of drug-likeness (QED) is 0.834. The molecule has 1 saturated heterocycles. The maximum atomic E-state index is 5.68. The number of rotatable bonds is 6. The molecule has 0 spiro atoms. The van der Waals surface area contributed by atoms with E-state index in [9.17, 15) is 0 Å². The van der Waals surface area contributed by atoms with Crippen molar-refractivity contribution in [3.63, 3.8) is 0 Å². The van der Waals surface area contributed by atoms with Gasteiger partial charge in [-0.3, -0.25) is 0 Å². The number of hydrogen-bond acceptors (Lipinski definition) is 3. The zero-order valence-electron chi connectivity index (χ0n) is 15.5. The Morgan fingerprint density at radius 3 is 2.73 bits per heavy atom. The molecule has 2 aromatic carbocycles. The van der Waals surface area contributed by atoms with Crippen LogP contribution < -0.4 is 10.6 Å². The van der Waals surface area contributed by atoms with Crippen LogP contribution in [0.5, 0.6) is 0 Å². The van der Waals surface area contributed by atoms with Gasteiger partial charge >= 0.3 is 0 Å². The van der Waals surface area contributed by atoms with Gasteiger partial charge in [0.15, 0.2) is 0 Å². The average molecular weight is 351 g/mol. The molecule has 3 heteroatoms. The number of ether oxygens (including phenoxy) is 1. The summed E-state index contributed by atoms with van der Waals surface area (Å²) in [6, 6.07) is 20.8. The summed E-state index contributed by atoms with van der Waals surface area (Å²) in [7, 11) is 0. The van der Waals surface area contributed by atoms with Crippen molar-refractivity contribution >= 4 is 0 Å². The molecule has 2 fully saturated rings. The van der Waals surface area contributed by atoms with Gasteiger partial charge in [-0.2, -0.15) is 0 Å². The smallest absolute Gasteiger partial charge is 0.0623 e. The molecular formula is C23H30N2O. The molecule has 1 saturated carbocycles. The first-order chi connectivity index (χ1) is 12.9. The van der Waals surface area contributed by atoms with Gasteiger partial charge in [0.2, 0.25) is 0 Å². The number of benzene rings is 2. The van der Waals surface area contributed by atoms with Crippen molar-refractivity contribution in [1.82, 2.24) is 10.6 Å². The van der Waals surface area contributed by atoms with Gasteiger partial charge in [-0.05, 0) is 48.4 Å². The van der Waals surface area contributed by atoms with E-state index >= 15 is 0 Å². The Morgan fingerprint density at radius 1 is 1.00 bits per heavy atom. The Bertz CT molecular complexity index is 682. The molecule has 0 bridgehead atoms. The summed E-state index contributed by atoms with van der Waals surface area (Å²) in [6.45, 7) is 3.79. The highest BCUT2D eigenvalue weighted by Crippen LogP contribution is 2.29. The van der Waals surface area contributed by atoms with E-state index in [0.29, 0.717) is 18.0 Å². The molecule has 138 valence electrons. The Morgan fingerprint density at radius 2 is 1.88 bits per heavy atom. The lowest BCUT2D eigenvalue weighted by Gasteiger charge is -2.33. The molecule has 2 aromatic rings. The molecule has 2 N–H and O–H groups in total. The SMILES string of the molecule is c1ccc(-c2cccc(CCNC3CCCC3C3COCCN3)c2)cc1. The predicted octanol–water partition coefficient (Wildman–Crippen LogP) is 3.64. The van der Waals surface area contributed by atoms with Gasteiger partial charge in [0.1, 0.15) is 0 Å². The minimum Gasteiger partial charge on any atom is -0.379 e. The second-order valence-corrected chi connectivity index (χ2v) is 7.61. The molecule has 0 aromatic heterocycles. The first-order valence-electron chi connectivity index (χ1n) is 10.1. The average Bonchev–Trinajstić information content (AvgIpc) is 3.18. The van der Waals surface area contributed by atoms with E-state index < -0.39 is 0 Å². The van der Waals surface area contributed by atoms with Gasteiger partial charge in [0.05, 0.1) is 13.2 Å². The zero-order valence-corrected chi connectivity index (χ0v) is 15.5. The minimum atomic E-state index is 0.533. The summed E-state index contributed by atoms with van der Waals surface area (Å²) >= 11 is 0. The predicted molar refractivity (Wildman–Crippen MR) is 107 cm³/mol. The van der Waals surface area contributed by atoms with Crippen LogP contribution in [-0.2, 0) is 11.2 Å². The van der Waals surface area contributed by atoms with E-state index in [4.69, 9.17) is 4.74 Å². The molecule has 0 radical (unpaired) electrons. The monoisotopic (exact) mass is 350 g/mol. The van der Waals surface area contributed by atoms with Crippen LogP contribution in [0.2, 0.25) is 0 Å². The Hall–Kier alpha value is -1.68. The largest absolute Gasteiger partial charge is 0.379 e. The van der Waals surface area contributed by atoms with Crippen molar-refractivity contribution in [3.8, 4) is 11.1 Å². The highest BCUT2D eigenvalue weighted by molar-refractivity contribution is 5.63. The molecule has 1 heterocycles. The molecule has 3 unspecified atom stereocenters. The molecule has 3 nitrogen and oxygen atoms in total. The molecule has 4 rings (SSSR count). The Kier molecular flexibility index (Phi) is 6.00. The fourth-order valence-electron chi connectivity index (χ4n) is 4.52. The van der Waals surface area contributed by atoms with E-state index in [1.807, 2.05) is 0 Å². The van der Waals surface area contributed by atoms with Gasteiger partial charge in [-0.1, -0.05) is 61.0 Å². The lowest BCUT2D eigenvalue weighted by atomic mass is 9.94. The minimum absolute atomic E-state index is 0.533. The molecule has 1 aliphatic carbocycles. The van der Waals surface area contributed by atoms with Crippen LogP contribution in [-0.4, -0.2) is 38.4 Å². The fourth-order valence-corrected chi connectivity index (χ4v) is 4.52. The number of nitrogens with one attached hydrogen (secondary N) is 2. The van der Waals surface area contributed by atoms with E-state index in [1.165, 1.54) is 36.0 Å². The molecule has 0 amide bonds. The molecule has 26 heavy (non-hydrogen) atoms. The zero-order chi connectivity index (χ0) is 17.6. The van der Waals surface area contributed by atoms with Crippen LogP contribution >= 0.6 is 0 Å². The summed E-state index contributed by atoms with van der Waals surface area (Å²) in [6.07, 6.45) is 5.04. The van der Waals surface area contributed by atoms with Gasteiger partial charge in [-0.15, -0.1) is 0 Å². The van der Waals surface area contributed by atoms with Crippen molar-refractivity contribution in [1.29, 1.82) is 0 Å². The first-order valence-corrected chi connectivity index (χ1v) is 10.1. The van der Waals surface area contributed by atoms with E-state index in [2.05, 4.69) is 65.2 Å². The maximum Gasteiger partial charge on any atom is 0.0623 e. The van der Waals surface area contributed by atoms with Crippen molar-refractivity contribution in [3.05, 3.63) is 60.2 Å². The van der Waals surface area contributed by atoms with Crippen LogP contribution in [0.15, 0.2) is 54.6 Å². The van der Waals surface area contributed by atoms with Crippen molar-refractivity contribution in [2.45, 2.75) is 37.8 Å². The third-order valence-corrected chi connectivity index (χ3v) is 5.89. The number of hydrogen-bond donors (Lipinski definition) is 2. The molecular weight excluding hydrogens is 320 g/mol. The van der Waals surface area contributed by atoms with Crippen molar-refractivity contribution in [2.75, 3.05) is 26.3 Å². The highest BCUT2D eigenvalue weighted by Gasteiger charge is 2.34. The van der Waals surface area contributed by atoms with E-state index in [-0.39, 0.29) is 0 Å². The summed E-state index contributed by atoms with van der Waals surface area (Å²) in [5.41, 5.74) is 4.01. The van der Waals surface area contributed by atoms with E-state index in [1.54, 1.807) is 0 Å². The van der Waals surface area contributed by atoms with Crippen LogP contribution in [0, 0.1) is 5.92 Å². The maximum absolute atomic E-state index is 5.68. The topological polar surface area (TPSA) is 33.3 Å². The Balaban J connectivity index is 1.32. The number of morpholine rings is 1. The van der Waals surface area contributed by atoms with Gasteiger partial charge in [0.25, 0.3) is 0 Å². The van der Waals surface area contributed by atoms with Gasteiger partial charge < -0.3 is 15.4 Å². The highest BCUT2D eigenvalue weighted by atomic mass is 16.5. The lowest BCUT2D eigenvalue weighted by Crippen LogP contribution is -2.51. The second kappa shape index (κ2) is 8.81. The van der Waals surface area contributed by atoms with Crippen molar-refractivity contribution < 1.29 is 4.74 Å². The fraction of sp³-hybridized carbons (Fsp3) is 0.478. The van der Waals surface area contributed by atoms with Gasteiger partial charge in [-0.25, -0.2) is 0 Å². The Labute approximate surface area is 157 Å². The third kappa shape index (κ3) is 4.35. The summed E-state index contributed by atoms with van der Waals surface area (Å²) in [5, 5.41) is 7.50. The summed E-state index contributed by atoms with van der Waals surface area (Å²) in [4.78, 5) is 0.